The lowest BCUT2D eigenvalue weighted by Gasteiger charge is -2.08. The second-order valence-corrected chi connectivity index (χ2v) is 3.00. The van der Waals surface area contributed by atoms with Crippen molar-refractivity contribution >= 4 is 11.8 Å². The first kappa shape index (κ1) is 12.1. The van der Waals surface area contributed by atoms with Gasteiger partial charge < -0.3 is 10.1 Å². The topological polar surface area (TPSA) is 51.2 Å². The van der Waals surface area contributed by atoms with Crippen LogP contribution in [0.1, 0.15) is 23.7 Å². The van der Waals surface area contributed by atoms with Crippen LogP contribution in [0.2, 0.25) is 0 Å². The molecule has 16 heavy (non-hydrogen) atoms. The molecule has 0 radical (unpaired) electrons. The lowest BCUT2D eigenvalue weighted by Crippen LogP contribution is -2.11. The van der Waals surface area contributed by atoms with Gasteiger partial charge in [-0.05, 0) is 19.1 Å². The highest BCUT2D eigenvalue weighted by molar-refractivity contribution is 5.94. The molecule has 0 aliphatic carbocycles. The Morgan fingerprint density at radius 2 is 2.50 bits per heavy atom. The highest BCUT2D eigenvalue weighted by atomic mass is 16.5. The third-order valence-electron chi connectivity index (χ3n) is 1.86. The zero-order chi connectivity index (χ0) is 11.8. The number of aromatic nitrogens is 1. The summed E-state index contributed by atoms with van der Waals surface area (Å²) in [4.78, 5) is 15.6. The monoisotopic (exact) mass is 218 g/mol. The molecule has 0 aliphatic heterocycles. The average molecular weight is 218 g/mol. The van der Waals surface area contributed by atoms with Gasteiger partial charge >= 0.3 is 5.97 Å². The summed E-state index contributed by atoms with van der Waals surface area (Å²) in [5, 5.41) is 3.00. The maximum atomic E-state index is 11.6. The molecule has 0 amide bonds. The van der Waals surface area contributed by atoms with E-state index in [0.717, 1.165) is 0 Å². The predicted molar refractivity (Wildman–Crippen MR) is 62.1 cm³/mol. The number of esters is 1. The van der Waals surface area contributed by atoms with E-state index in [0.29, 0.717) is 31.0 Å². The van der Waals surface area contributed by atoms with Gasteiger partial charge in [-0.2, -0.15) is 0 Å². The smallest absolute Gasteiger partial charge is 0.341 e. The van der Waals surface area contributed by atoms with Gasteiger partial charge in [0.15, 0.2) is 0 Å². The van der Waals surface area contributed by atoms with Gasteiger partial charge in [-0.3, -0.25) is 0 Å². The normalized spacial score (nSPS) is 9.25. The van der Waals surface area contributed by atoms with Crippen LogP contribution >= 0.6 is 0 Å². The standard InChI is InChI=1S/C12H14N2O2/c1-3-5-8-13-11-10(7-6-9-14-11)12(15)16-4-2/h1,6-7,9H,4-5,8H2,2H3,(H,13,14). The van der Waals surface area contributed by atoms with Gasteiger partial charge in [0.1, 0.15) is 11.4 Å². The number of terminal acetylenes is 1. The van der Waals surface area contributed by atoms with Gasteiger partial charge in [0.05, 0.1) is 6.61 Å². The van der Waals surface area contributed by atoms with E-state index in [9.17, 15) is 4.79 Å². The number of nitrogens with zero attached hydrogens (tertiary/aromatic N) is 1. The van der Waals surface area contributed by atoms with E-state index in [1.165, 1.54) is 0 Å². The van der Waals surface area contributed by atoms with Crippen LogP contribution in [0.5, 0.6) is 0 Å². The Morgan fingerprint density at radius 3 is 3.19 bits per heavy atom. The fourth-order valence-corrected chi connectivity index (χ4v) is 1.17. The molecule has 1 rings (SSSR count). The summed E-state index contributed by atoms with van der Waals surface area (Å²) in [5.41, 5.74) is 0.432. The number of hydrogen-bond donors (Lipinski definition) is 1. The van der Waals surface area contributed by atoms with Gasteiger partial charge in [-0.25, -0.2) is 9.78 Å². The summed E-state index contributed by atoms with van der Waals surface area (Å²) in [6, 6.07) is 3.36. The van der Waals surface area contributed by atoms with Crippen LogP contribution in [-0.4, -0.2) is 24.1 Å². The van der Waals surface area contributed by atoms with Crippen molar-refractivity contribution in [1.29, 1.82) is 0 Å². The van der Waals surface area contributed by atoms with Crippen molar-refractivity contribution < 1.29 is 9.53 Å². The second kappa shape index (κ2) is 6.46. The Balaban J connectivity index is 2.75. The Bertz CT molecular complexity index is 396. The van der Waals surface area contributed by atoms with E-state index < -0.39 is 0 Å². The second-order valence-electron chi connectivity index (χ2n) is 3.00. The molecule has 1 heterocycles. The summed E-state index contributed by atoms with van der Waals surface area (Å²) >= 11 is 0. The van der Waals surface area contributed by atoms with Crippen molar-refractivity contribution in [2.24, 2.45) is 0 Å². The first-order valence-corrected chi connectivity index (χ1v) is 5.09. The summed E-state index contributed by atoms with van der Waals surface area (Å²) in [7, 11) is 0. The fourth-order valence-electron chi connectivity index (χ4n) is 1.17. The summed E-state index contributed by atoms with van der Waals surface area (Å²) in [5.74, 6) is 2.64. The van der Waals surface area contributed by atoms with E-state index in [2.05, 4.69) is 16.2 Å². The highest BCUT2D eigenvalue weighted by Crippen LogP contribution is 2.12. The third-order valence-corrected chi connectivity index (χ3v) is 1.86. The molecular weight excluding hydrogens is 204 g/mol. The summed E-state index contributed by atoms with van der Waals surface area (Å²) < 4.78 is 4.92. The molecule has 0 aromatic carbocycles. The molecule has 0 atom stereocenters. The van der Waals surface area contributed by atoms with Crippen LogP contribution in [0.3, 0.4) is 0 Å². The van der Waals surface area contributed by atoms with Gasteiger partial charge in [0.25, 0.3) is 0 Å². The molecule has 1 aromatic heterocycles. The lowest BCUT2D eigenvalue weighted by atomic mass is 10.2. The minimum atomic E-state index is -0.376. The molecule has 0 saturated heterocycles. The molecule has 0 fully saturated rings. The average Bonchev–Trinajstić information content (AvgIpc) is 2.30. The Kier molecular flexibility index (Phi) is 4.87. The number of pyridine rings is 1. The number of hydrogen-bond acceptors (Lipinski definition) is 4. The molecule has 0 unspecified atom stereocenters. The van der Waals surface area contributed by atoms with E-state index in [1.54, 1.807) is 25.3 Å². The Labute approximate surface area is 95.0 Å². The Hall–Kier alpha value is -2.02. The molecule has 0 bridgehead atoms. The van der Waals surface area contributed by atoms with Gasteiger partial charge in [0, 0.05) is 19.2 Å². The van der Waals surface area contributed by atoms with E-state index in [4.69, 9.17) is 11.2 Å². The number of carbonyl (C=O) groups excluding carboxylic acids is 1. The zero-order valence-corrected chi connectivity index (χ0v) is 9.19. The third kappa shape index (κ3) is 3.28. The first-order valence-electron chi connectivity index (χ1n) is 5.09. The summed E-state index contributed by atoms with van der Waals surface area (Å²) in [6.45, 7) is 2.69. The molecule has 0 spiro atoms. The van der Waals surface area contributed by atoms with Crippen LogP contribution < -0.4 is 5.32 Å². The number of carbonyl (C=O) groups is 1. The number of rotatable bonds is 5. The van der Waals surface area contributed by atoms with Crippen molar-refractivity contribution in [1.82, 2.24) is 4.98 Å². The van der Waals surface area contributed by atoms with Gasteiger partial charge in [0.2, 0.25) is 0 Å². The van der Waals surface area contributed by atoms with Crippen LogP contribution in [-0.2, 0) is 4.74 Å². The van der Waals surface area contributed by atoms with E-state index >= 15 is 0 Å². The Morgan fingerprint density at radius 1 is 1.69 bits per heavy atom. The quantitative estimate of drug-likeness (QED) is 0.464. The molecule has 0 saturated carbocycles. The van der Waals surface area contributed by atoms with E-state index in [-0.39, 0.29) is 5.97 Å². The number of nitrogens with one attached hydrogen (secondary N) is 1. The maximum Gasteiger partial charge on any atom is 0.341 e. The SMILES string of the molecule is C#CCCNc1ncccc1C(=O)OCC. The largest absolute Gasteiger partial charge is 0.462 e. The van der Waals surface area contributed by atoms with Crippen molar-refractivity contribution in [2.75, 3.05) is 18.5 Å². The zero-order valence-electron chi connectivity index (χ0n) is 9.19. The molecule has 1 N–H and O–H groups in total. The van der Waals surface area contributed by atoms with Crippen LogP contribution in [0.4, 0.5) is 5.82 Å². The van der Waals surface area contributed by atoms with Crippen LogP contribution in [0, 0.1) is 12.3 Å². The van der Waals surface area contributed by atoms with Crippen molar-refractivity contribution in [2.45, 2.75) is 13.3 Å². The van der Waals surface area contributed by atoms with Crippen molar-refractivity contribution in [3.05, 3.63) is 23.9 Å². The molecule has 4 heteroatoms. The van der Waals surface area contributed by atoms with Gasteiger partial charge in [-0.1, -0.05) is 0 Å². The van der Waals surface area contributed by atoms with Crippen LogP contribution in [0.15, 0.2) is 18.3 Å². The molecule has 0 aliphatic rings. The van der Waals surface area contributed by atoms with Gasteiger partial charge in [-0.15, -0.1) is 12.3 Å². The highest BCUT2D eigenvalue weighted by Gasteiger charge is 2.12. The molecule has 1 aromatic rings. The lowest BCUT2D eigenvalue weighted by molar-refractivity contribution is 0.0527. The molecular formula is C12H14N2O2. The van der Waals surface area contributed by atoms with Crippen LogP contribution in [0.25, 0.3) is 0 Å². The van der Waals surface area contributed by atoms with Crippen molar-refractivity contribution in [3.63, 3.8) is 0 Å². The summed E-state index contributed by atoms with van der Waals surface area (Å²) in [6.07, 6.45) is 7.33. The predicted octanol–water partition coefficient (Wildman–Crippen LogP) is 1.69. The number of anilines is 1. The van der Waals surface area contributed by atoms with Crippen molar-refractivity contribution in [3.8, 4) is 12.3 Å². The molecule has 84 valence electrons. The number of ether oxygens (including phenoxy) is 1. The maximum absolute atomic E-state index is 11.6. The van der Waals surface area contributed by atoms with E-state index in [1.807, 2.05) is 0 Å². The fraction of sp³-hybridized carbons (Fsp3) is 0.333. The minimum Gasteiger partial charge on any atom is -0.462 e. The minimum absolute atomic E-state index is 0.345. The molecule has 4 nitrogen and oxygen atoms in total. The first-order chi connectivity index (χ1) is 7.79.